The number of aryl methyl sites for hydroxylation is 1. The zero-order chi connectivity index (χ0) is 23.3. The Morgan fingerprint density at radius 2 is 1.94 bits per heavy atom. The molecule has 0 radical (unpaired) electrons. The Morgan fingerprint density at radius 1 is 1.22 bits per heavy atom. The first-order chi connectivity index (χ1) is 15.2. The SMILES string of the molecule is COC(=O)C1C2CN(C)C(C)CN2c2c(c(=O)n(C)c3c(F)cc(F)cc23)N1CCCO. The number of benzene rings is 1. The molecular formula is C22H28F2N4O4. The minimum atomic E-state index is -0.821. The lowest BCUT2D eigenvalue weighted by Gasteiger charge is -2.54. The van der Waals surface area contributed by atoms with Crippen LogP contribution in [0.3, 0.4) is 0 Å². The summed E-state index contributed by atoms with van der Waals surface area (Å²) in [5.41, 5.74) is 0.139. The van der Waals surface area contributed by atoms with Crippen molar-refractivity contribution in [3.8, 4) is 0 Å². The molecule has 1 aromatic carbocycles. The lowest BCUT2D eigenvalue weighted by atomic mass is 9.92. The second kappa shape index (κ2) is 8.32. The summed E-state index contributed by atoms with van der Waals surface area (Å²) in [6, 6.07) is 0.870. The van der Waals surface area contributed by atoms with Gasteiger partial charge in [0.2, 0.25) is 0 Å². The molecule has 2 aromatic rings. The third-order valence-electron chi connectivity index (χ3n) is 6.71. The van der Waals surface area contributed by atoms with Crippen molar-refractivity contribution in [1.29, 1.82) is 0 Å². The average Bonchev–Trinajstić information content (AvgIpc) is 2.75. The van der Waals surface area contributed by atoms with Gasteiger partial charge in [0.25, 0.3) is 5.56 Å². The third-order valence-corrected chi connectivity index (χ3v) is 6.71. The lowest BCUT2D eigenvalue weighted by Crippen LogP contribution is -2.69. The molecule has 3 heterocycles. The van der Waals surface area contributed by atoms with E-state index in [4.69, 9.17) is 4.74 Å². The van der Waals surface area contributed by atoms with E-state index in [9.17, 15) is 23.5 Å². The van der Waals surface area contributed by atoms with E-state index in [0.29, 0.717) is 25.2 Å². The third kappa shape index (κ3) is 3.32. The van der Waals surface area contributed by atoms with Crippen molar-refractivity contribution in [3.05, 3.63) is 34.1 Å². The number of esters is 1. The van der Waals surface area contributed by atoms with Crippen LogP contribution in [0.25, 0.3) is 10.9 Å². The number of carbonyl (C=O) groups excluding carboxylic acids is 1. The number of halogens is 2. The number of likely N-dealkylation sites (N-methyl/N-ethyl adjacent to an activating group) is 1. The molecule has 174 valence electrons. The molecular weight excluding hydrogens is 422 g/mol. The number of aliphatic hydroxyl groups excluding tert-OH is 1. The molecule has 0 amide bonds. The van der Waals surface area contributed by atoms with Gasteiger partial charge in [-0.15, -0.1) is 0 Å². The molecule has 2 aliphatic heterocycles. The second-order valence-corrected chi connectivity index (χ2v) is 8.59. The monoisotopic (exact) mass is 450 g/mol. The standard InChI is InChI=1S/C22H28F2N4O4/c1-12-10-28-16(11-25(12)2)19(22(31)32-4)27(6-5-7-29)20-18(28)14-8-13(23)9-15(24)17(14)26(3)21(20)30/h8-9,12,16,19,29H,5-7,10-11H2,1-4H3. The number of fused-ring (bicyclic) bond motifs is 5. The minimum absolute atomic E-state index is 0.0131. The number of aliphatic hydroxyl groups is 1. The van der Waals surface area contributed by atoms with Crippen molar-refractivity contribution in [1.82, 2.24) is 9.47 Å². The summed E-state index contributed by atoms with van der Waals surface area (Å²) in [6.45, 7) is 3.06. The van der Waals surface area contributed by atoms with Crippen LogP contribution in [0.1, 0.15) is 13.3 Å². The topological polar surface area (TPSA) is 78.2 Å². The van der Waals surface area contributed by atoms with Crippen molar-refractivity contribution in [2.45, 2.75) is 31.5 Å². The Balaban J connectivity index is 2.09. The van der Waals surface area contributed by atoms with Gasteiger partial charge in [-0.3, -0.25) is 9.69 Å². The highest BCUT2D eigenvalue weighted by atomic mass is 19.1. The average molecular weight is 450 g/mol. The Kier molecular flexibility index (Phi) is 5.85. The normalized spacial score (nSPS) is 23.3. The van der Waals surface area contributed by atoms with Crippen LogP contribution in [-0.2, 0) is 16.6 Å². The van der Waals surface area contributed by atoms with E-state index in [2.05, 4.69) is 4.90 Å². The maximum atomic E-state index is 14.8. The van der Waals surface area contributed by atoms with Gasteiger partial charge in [-0.1, -0.05) is 0 Å². The van der Waals surface area contributed by atoms with E-state index >= 15 is 0 Å². The summed E-state index contributed by atoms with van der Waals surface area (Å²) in [4.78, 5) is 32.2. The highest BCUT2D eigenvalue weighted by molar-refractivity contribution is 6.02. The Hall–Kier alpha value is -2.72. The number of pyridine rings is 1. The van der Waals surface area contributed by atoms with Gasteiger partial charge in [0, 0.05) is 50.8 Å². The summed E-state index contributed by atoms with van der Waals surface area (Å²) in [5, 5.41) is 9.74. The maximum Gasteiger partial charge on any atom is 0.330 e. The summed E-state index contributed by atoms with van der Waals surface area (Å²) in [7, 11) is 4.68. The highest BCUT2D eigenvalue weighted by Gasteiger charge is 2.49. The van der Waals surface area contributed by atoms with Gasteiger partial charge >= 0.3 is 5.97 Å². The predicted molar refractivity (Wildman–Crippen MR) is 117 cm³/mol. The molecule has 1 aromatic heterocycles. The quantitative estimate of drug-likeness (QED) is 0.699. The summed E-state index contributed by atoms with van der Waals surface area (Å²) < 4.78 is 35.4. The Bertz CT molecular complexity index is 1120. The molecule has 3 unspecified atom stereocenters. The number of rotatable bonds is 4. The molecule has 32 heavy (non-hydrogen) atoms. The molecule has 2 aliphatic rings. The number of anilines is 2. The van der Waals surface area contributed by atoms with Crippen LogP contribution < -0.4 is 15.4 Å². The van der Waals surface area contributed by atoms with Crippen LogP contribution in [0.4, 0.5) is 20.2 Å². The largest absolute Gasteiger partial charge is 0.467 e. The van der Waals surface area contributed by atoms with E-state index in [1.165, 1.54) is 20.2 Å². The first-order valence-electron chi connectivity index (χ1n) is 10.6. The number of hydrogen-bond donors (Lipinski definition) is 1. The molecule has 1 saturated heterocycles. The first-order valence-corrected chi connectivity index (χ1v) is 10.6. The van der Waals surface area contributed by atoms with Gasteiger partial charge in [-0.25, -0.2) is 13.6 Å². The Labute approximate surface area is 184 Å². The Morgan fingerprint density at radius 3 is 2.59 bits per heavy atom. The maximum absolute atomic E-state index is 14.8. The van der Waals surface area contributed by atoms with E-state index in [1.54, 1.807) is 4.90 Å². The molecule has 0 aliphatic carbocycles. The van der Waals surface area contributed by atoms with Crippen LogP contribution >= 0.6 is 0 Å². The molecule has 3 atom stereocenters. The van der Waals surface area contributed by atoms with E-state index in [0.717, 1.165) is 10.6 Å². The summed E-state index contributed by atoms with van der Waals surface area (Å²) >= 11 is 0. The first kappa shape index (κ1) is 22.5. The van der Waals surface area contributed by atoms with Gasteiger partial charge < -0.3 is 24.2 Å². The van der Waals surface area contributed by atoms with Crippen LogP contribution in [0, 0.1) is 11.6 Å². The van der Waals surface area contributed by atoms with Gasteiger partial charge in [-0.05, 0) is 26.5 Å². The zero-order valence-electron chi connectivity index (χ0n) is 18.6. The van der Waals surface area contributed by atoms with Crippen LogP contribution in [0.5, 0.6) is 0 Å². The number of aromatic nitrogens is 1. The van der Waals surface area contributed by atoms with Crippen molar-refractivity contribution in [3.63, 3.8) is 0 Å². The van der Waals surface area contributed by atoms with E-state index < -0.39 is 35.2 Å². The van der Waals surface area contributed by atoms with Crippen LogP contribution in [0.2, 0.25) is 0 Å². The number of hydrogen-bond acceptors (Lipinski definition) is 7. The second-order valence-electron chi connectivity index (χ2n) is 8.59. The molecule has 4 rings (SSSR count). The number of carbonyl (C=O) groups is 1. The fourth-order valence-corrected chi connectivity index (χ4v) is 5.03. The number of ether oxygens (including phenoxy) is 1. The number of nitrogens with zero attached hydrogens (tertiary/aromatic N) is 4. The van der Waals surface area contributed by atoms with E-state index in [1.807, 2.05) is 18.9 Å². The molecule has 10 heteroatoms. The summed E-state index contributed by atoms with van der Waals surface area (Å²) in [5.74, 6) is -2.07. The fourth-order valence-electron chi connectivity index (χ4n) is 5.03. The van der Waals surface area contributed by atoms with Crippen LogP contribution in [-0.4, -0.2) is 79.1 Å². The lowest BCUT2D eigenvalue weighted by molar-refractivity contribution is -0.143. The van der Waals surface area contributed by atoms with Crippen molar-refractivity contribution in [2.75, 3.05) is 50.2 Å². The molecule has 1 N–H and O–H groups in total. The van der Waals surface area contributed by atoms with Gasteiger partial charge in [0.1, 0.15) is 17.5 Å². The fraction of sp³-hybridized carbons (Fsp3) is 0.545. The minimum Gasteiger partial charge on any atom is -0.467 e. The molecule has 8 nitrogen and oxygen atoms in total. The number of piperazine rings is 1. The van der Waals surface area contributed by atoms with Crippen molar-refractivity contribution >= 4 is 28.2 Å². The molecule has 1 fully saturated rings. The van der Waals surface area contributed by atoms with Gasteiger partial charge in [-0.2, -0.15) is 0 Å². The number of methoxy groups -OCH3 is 1. The molecule has 0 bridgehead atoms. The van der Waals surface area contributed by atoms with Crippen LogP contribution in [0.15, 0.2) is 16.9 Å². The van der Waals surface area contributed by atoms with Gasteiger partial charge in [0.05, 0.1) is 24.4 Å². The smallest absolute Gasteiger partial charge is 0.330 e. The van der Waals surface area contributed by atoms with Crippen molar-refractivity contribution in [2.24, 2.45) is 7.05 Å². The predicted octanol–water partition coefficient (Wildman–Crippen LogP) is 1.07. The zero-order valence-corrected chi connectivity index (χ0v) is 18.6. The molecule has 0 spiro atoms. The summed E-state index contributed by atoms with van der Waals surface area (Å²) in [6.07, 6.45) is 0.310. The molecule has 0 saturated carbocycles. The van der Waals surface area contributed by atoms with Crippen molar-refractivity contribution < 1.29 is 23.4 Å². The van der Waals surface area contributed by atoms with Gasteiger partial charge in [0.15, 0.2) is 5.82 Å². The highest BCUT2D eigenvalue weighted by Crippen LogP contribution is 2.43. The van der Waals surface area contributed by atoms with E-state index in [-0.39, 0.29) is 35.8 Å².